The molecule has 6 rings (SSSR count). The van der Waals surface area contributed by atoms with Crippen LogP contribution in [0.2, 0.25) is 0 Å². The molecule has 3 aromatic carbocycles. The number of carbonyl (C=O) groups is 1. The second-order valence-electron chi connectivity index (χ2n) is 8.60. The zero-order valence-electron chi connectivity index (χ0n) is 18.5. The van der Waals surface area contributed by atoms with E-state index in [2.05, 4.69) is 0 Å². The minimum absolute atomic E-state index is 0.0833. The maximum atomic E-state index is 13.0. The van der Waals surface area contributed by atoms with Gasteiger partial charge in [-0.05, 0) is 59.2 Å². The van der Waals surface area contributed by atoms with Crippen LogP contribution in [0.5, 0.6) is 17.2 Å². The number of hydrogen-bond donors (Lipinski definition) is 2. The molecule has 0 saturated carbocycles. The molecule has 0 amide bonds. The minimum Gasteiger partial charge on any atom is -0.464 e. The van der Waals surface area contributed by atoms with E-state index < -0.39 is 12.3 Å². The van der Waals surface area contributed by atoms with Crippen molar-refractivity contribution in [3.05, 3.63) is 52.6 Å². The van der Waals surface area contributed by atoms with E-state index in [1.807, 2.05) is 24.3 Å². The van der Waals surface area contributed by atoms with Gasteiger partial charge >= 0.3 is 5.97 Å². The molecule has 3 aliphatic rings. The van der Waals surface area contributed by atoms with E-state index in [9.17, 15) is 15.0 Å². The number of fused-ring (bicyclic) bond motifs is 3. The van der Waals surface area contributed by atoms with E-state index in [1.54, 1.807) is 6.07 Å². The molecule has 0 bridgehead atoms. The number of cyclic esters (lactones) is 1. The normalized spacial score (nSPS) is 18.8. The van der Waals surface area contributed by atoms with Crippen molar-refractivity contribution in [2.45, 2.75) is 45.4 Å². The van der Waals surface area contributed by atoms with Crippen molar-refractivity contribution in [3.8, 4) is 28.4 Å². The Labute approximate surface area is 195 Å². The van der Waals surface area contributed by atoms with Gasteiger partial charge in [0.1, 0.15) is 12.4 Å². The molecule has 0 aliphatic carbocycles. The standard InChI is InChI=1S/C26H24O8/c27-10-15-7-17-18(8-16(15)11-28)25(34-22-3-1-2-6-30-22)19-12-31-26(29)24(19)23(17)14-4-5-20-21(9-14)33-13-32-20/h4-5,7-9,22,27-28H,1-3,6,10-13H2. The SMILES string of the molecule is O=C1OCc2c1c(-c1ccc3c(c1)OCO3)c1cc(CO)c(CO)cc1c2OC1CCCCO1. The smallest absolute Gasteiger partial charge is 0.339 e. The van der Waals surface area contributed by atoms with E-state index in [-0.39, 0.29) is 26.6 Å². The Morgan fingerprint density at radius 2 is 1.71 bits per heavy atom. The zero-order chi connectivity index (χ0) is 23.2. The number of aliphatic hydroxyl groups is 2. The molecule has 34 heavy (non-hydrogen) atoms. The summed E-state index contributed by atoms with van der Waals surface area (Å²) >= 11 is 0. The van der Waals surface area contributed by atoms with E-state index in [0.717, 1.165) is 30.2 Å². The van der Waals surface area contributed by atoms with Gasteiger partial charge in [0.25, 0.3) is 0 Å². The largest absolute Gasteiger partial charge is 0.464 e. The third-order valence-electron chi connectivity index (χ3n) is 6.62. The van der Waals surface area contributed by atoms with Crippen LogP contribution < -0.4 is 14.2 Å². The summed E-state index contributed by atoms with van der Waals surface area (Å²) in [7, 11) is 0. The summed E-state index contributed by atoms with van der Waals surface area (Å²) in [6, 6.07) is 9.15. The number of benzene rings is 3. The van der Waals surface area contributed by atoms with Gasteiger partial charge in [-0.1, -0.05) is 6.07 Å². The first-order valence-corrected chi connectivity index (χ1v) is 11.4. The van der Waals surface area contributed by atoms with Gasteiger partial charge in [-0.25, -0.2) is 4.79 Å². The average Bonchev–Trinajstić information content (AvgIpc) is 3.50. The van der Waals surface area contributed by atoms with Crippen LogP contribution in [-0.4, -0.2) is 35.9 Å². The molecule has 1 unspecified atom stereocenters. The number of rotatable bonds is 5. The Morgan fingerprint density at radius 1 is 0.912 bits per heavy atom. The number of hydrogen-bond acceptors (Lipinski definition) is 8. The van der Waals surface area contributed by atoms with Gasteiger partial charge in [0, 0.05) is 22.9 Å². The van der Waals surface area contributed by atoms with Gasteiger partial charge in [-0.2, -0.15) is 0 Å². The quantitative estimate of drug-likeness (QED) is 0.550. The summed E-state index contributed by atoms with van der Waals surface area (Å²) < 4.78 is 28.7. The summed E-state index contributed by atoms with van der Waals surface area (Å²) in [6.45, 7) is 0.348. The highest BCUT2D eigenvalue weighted by atomic mass is 16.7. The van der Waals surface area contributed by atoms with Crippen molar-refractivity contribution in [3.63, 3.8) is 0 Å². The van der Waals surface area contributed by atoms with Crippen LogP contribution in [-0.2, 0) is 29.3 Å². The molecule has 1 fully saturated rings. The fraction of sp³-hybridized carbons (Fsp3) is 0.346. The van der Waals surface area contributed by atoms with Crippen molar-refractivity contribution in [1.29, 1.82) is 0 Å². The van der Waals surface area contributed by atoms with Crippen LogP contribution in [0.4, 0.5) is 0 Å². The Balaban J connectivity index is 1.64. The van der Waals surface area contributed by atoms with Crippen molar-refractivity contribution in [1.82, 2.24) is 0 Å². The summed E-state index contributed by atoms with van der Waals surface area (Å²) in [5.41, 5.74) is 3.67. The Kier molecular flexibility index (Phi) is 5.28. The Bertz CT molecular complexity index is 1290. The van der Waals surface area contributed by atoms with Crippen LogP contribution in [0.15, 0.2) is 30.3 Å². The molecule has 8 nitrogen and oxygen atoms in total. The second-order valence-corrected chi connectivity index (χ2v) is 8.60. The highest BCUT2D eigenvalue weighted by Gasteiger charge is 2.34. The summed E-state index contributed by atoms with van der Waals surface area (Å²) in [4.78, 5) is 13.0. The molecular weight excluding hydrogens is 440 g/mol. The van der Waals surface area contributed by atoms with E-state index in [1.165, 1.54) is 0 Å². The minimum atomic E-state index is -0.434. The fourth-order valence-corrected chi connectivity index (χ4v) is 4.94. The highest BCUT2D eigenvalue weighted by molar-refractivity contribution is 6.13. The first-order chi connectivity index (χ1) is 16.7. The third kappa shape index (κ3) is 3.37. The fourth-order valence-electron chi connectivity index (χ4n) is 4.94. The zero-order valence-corrected chi connectivity index (χ0v) is 18.5. The van der Waals surface area contributed by atoms with Crippen LogP contribution in [0.3, 0.4) is 0 Å². The van der Waals surface area contributed by atoms with Crippen molar-refractivity contribution in [2.75, 3.05) is 13.4 Å². The summed E-state index contributed by atoms with van der Waals surface area (Å²) in [5.74, 6) is 1.32. The van der Waals surface area contributed by atoms with Gasteiger partial charge in [0.2, 0.25) is 6.79 Å². The summed E-state index contributed by atoms with van der Waals surface area (Å²) in [5, 5.41) is 21.4. The lowest BCUT2D eigenvalue weighted by molar-refractivity contribution is -0.105. The molecule has 8 heteroatoms. The topological polar surface area (TPSA) is 104 Å². The summed E-state index contributed by atoms with van der Waals surface area (Å²) in [6.07, 6.45) is 2.30. The number of carbonyl (C=O) groups excluding carboxylic acids is 1. The molecule has 0 radical (unpaired) electrons. The molecule has 1 saturated heterocycles. The van der Waals surface area contributed by atoms with Gasteiger partial charge < -0.3 is 33.9 Å². The van der Waals surface area contributed by atoms with E-state index >= 15 is 0 Å². The Morgan fingerprint density at radius 3 is 2.47 bits per heavy atom. The van der Waals surface area contributed by atoms with Gasteiger partial charge in [-0.3, -0.25) is 0 Å². The van der Waals surface area contributed by atoms with Gasteiger partial charge in [0.05, 0.1) is 25.4 Å². The lowest BCUT2D eigenvalue weighted by atomic mass is 9.87. The van der Waals surface area contributed by atoms with Crippen LogP contribution in [0.25, 0.3) is 21.9 Å². The molecule has 3 aliphatic heterocycles. The average molecular weight is 464 g/mol. The number of ether oxygens (including phenoxy) is 5. The Hall–Kier alpha value is -3.33. The second kappa shape index (κ2) is 8.47. The first-order valence-electron chi connectivity index (χ1n) is 11.4. The predicted octanol–water partition coefficient (Wildman–Crippen LogP) is 3.80. The van der Waals surface area contributed by atoms with Crippen molar-refractivity contribution < 1.29 is 38.7 Å². The van der Waals surface area contributed by atoms with Crippen molar-refractivity contribution >= 4 is 16.7 Å². The van der Waals surface area contributed by atoms with Crippen LogP contribution >= 0.6 is 0 Å². The molecule has 0 spiro atoms. The number of aliphatic hydroxyl groups excluding tert-OH is 2. The van der Waals surface area contributed by atoms with Gasteiger partial charge in [0.15, 0.2) is 17.8 Å². The third-order valence-corrected chi connectivity index (χ3v) is 6.62. The first kappa shape index (κ1) is 21.2. The highest BCUT2D eigenvalue weighted by Crippen LogP contribution is 2.47. The monoisotopic (exact) mass is 464 g/mol. The van der Waals surface area contributed by atoms with E-state index in [0.29, 0.717) is 57.1 Å². The predicted molar refractivity (Wildman–Crippen MR) is 121 cm³/mol. The molecule has 1 atom stereocenters. The van der Waals surface area contributed by atoms with Crippen LogP contribution in [0, 0.1) is 0 Å². The molecule has 3 aromatic rings. The molecule has 3 heterocycles. The van der Waals surface area contributed by atoms with E-state index in [4.69, 9.17) is 23.7 Å². The molecule has 0 aromatic heterocycles. The molecule has 176 valence electrons. The maximum Gasteiger partial charge on any atom is 0.339 e. The molecule has 2 N–H and O–H groups in total. The number of esters is 1. The van der Waals surface area contributed by atoms with Crippen molar-refractivity contribution in [2.24, 2.45) is 0 Å². The lowest BCUT2D eigenvalue weighted by Gasteiger charge is -2.26. The maximum absolute atomic E-state index is 13.0. The lowest BCUT2D eigenvalue weighted by Crippen LogP contribution is -2.25. The van der Waals surface area contributed by atoms with Crippen LogP contribution in [0.1, 0.15) is 46.3 Å². The molecular formula is C26H24O8. The van der Waals surface area contributed by atoms with Gasteiger partial charge in [-0.15, -0.1) is 0 Å².